The van der Waals surface area contributed by atoms with Gasteiger partial charge in [-0.3, -0.25) is 0 Å². The number of carbonyl (C=O) groups excluding carboxylic acids is 1. The van der Waals surface area contributed by atoms with E-state index in [0.29, 0.717) is 26.4 Å². The first kappa shape index (κ1) is 9.52. The third-order valence-electron chi connectivity index (χ3n) is 0.864. The molecule has 0 atom stereocenters. The first-order valence-corrected chi connectivity index (χ1v) is 9.89. The zero-order chi connectivity index (χ0) is 7.40. The number of ketones is 1. The van der Waals surface area contributed by atoms with Crippen LogP contribution in [0.15, 0.2) is 0 Å². The predicted molar refractivity (Wildman–Crippen MR) is 53.2 cm³/mol. The molecule has 0 fully saturated rings. The summed E-state index contributed by atoms with van der Waals surface area (Å²) in [5.74, 6) is 0.355. The van der Waals surface area contributed by atoms with Gasteiger partial charge in [0.1, 0.15) is 0 Å². The van der Waals surface area contributed by atoms with Crippen LogP contribution in [0.25, 0.3) is 0 Å². The van der Waals surface area contributed by atoms with E-state index in [1.165, 1.54) is 3.09 Å². The second-order valence-corrected chi connectivity index (χ2v) is 13.3. The zero-order valence-electron chi connectivity index (χ0n) is 4.99. The van der Waals surface area contributed by atoms with Crippen molar-refractivity contribution < 1.29 is 4.79 Å². The van der Waals surface area contributed by atoms with Gasteiger partial charge in [0.15, 0.2) is 0 Å². The van der Waals surface area contributed by atoms with Crippen LogP contribution in [0.4, 0.5) is 0 Å². The Kier molecular flexibility index (Phi) is 4.90. The fourth-order valence-corrected chi connectivity index (χ4v) is 18.0. The third-order valence-corrected chi connectivity index (χ3v) is 12.4. The number of hydrogen-bond acceptors (Lipinski definition) is 1. The minimum atomic E-state index is 0.200. The van der Waals surface area contributed by atoms with Crippen molar-refractivity contribution >= 4 is 77.9 Å². The Morgan fingerprint density at radius 2 is 2.40 bits per heavy atom. The fourth-order valence-electron chi connectivity index (χ4n) is 0.443. The summed E-state index contributed by atoms with van der Waals surface area (Å²) >= 11 is 4.02. The third kappa shape index (κ3) is 2.82. The van der Waals surface area contributed by atoms with Crippen molar-refractivity contribution in [2.45, 2.75) is 0 Å². The molecular formula is C5H4As3BrO. The van der Waals surface area contributed by atoms with Gasteiger partial charge in [-0.25, -0.2) is 0 Å². The molecule has 5 heteroatoms. The number of hydrogen-bond donors (Lipinski definition) is 0. The second-order valence-electron chi connectivity index (χ2n) is 1.52. The van der Waals surface area contributed by atoms with Gasteiger partial charge in [-0.15, -0.1) is 0 Å². The SMILES string of the molecule is O=C(CBr)C1=[As]C=[As]C=[As]1. The Bertz CT molecular complexity index is 231. The zero-order valence-corrected chi connectivity index (χ0v) is 12.2. The molecule has 1 aliphatic heterocycles. The average Bonchev–Trinajstić information content (AvgIpc) is 2.05. The van der Waals surface area contributed by atoms with E-state index >= 15 is 0 Å². The van der Waals surface area contributed by atoms with E-state index in [9.17, 15) is 4.79 Å². The summed E-state index contributed by atoms with van der Waals surface area (Å²) in [7, 11) is 0. The van der Waals surface area contributed by atoms with Crippen LogP contribution in [0, 0.1) is 0 Å². The predicted octanol–water partition coefficient (Wildman–Crippen LogP) is -1.27. The van der Waals surface area contributed by atoms with Crippen molar-refractivity contribution in [3.63, 3.8) is 0 Å². The molecule has 0 amide bonds. The maximum absolute atomic E-state index is 11.1. The number of carbonyl (C=O) groups is 1. The van der Waals surface area contributed by atoms with Crippen molar-refractivity contribution in [2.75, 3.05) is 5.33 Å². The molecule has 0 bridgehead atoms. The van der Waals surface area contributed by atoms with Crippen molar-refractivity contribution in [1.82, 2.24) is 0 Å². The first-order chi connectivity index (χ1) is 4.84. The van der Waals surface area contributed by atoms with Crippen LogP contribution in [-0.2, 0) is 4.79 Å². The summed E-state index contributed by atoms with van der Waals surface area (Å²) < 4.78 is 5.95. The molecule has 52 valence electrons. The molecule has 0 aromatic rings. The van der Waals surface area contributed by atoms with E-state index < -0.39 is 0 Å². The molecule has 0 N–H and O–H groups in total. The molecule has 0 unspecified atom stereocenters. The standard InChI is InChI=1S/C5H4As3BrO/c9-1-4(10)5-7-2-6-3-8-5/h2-3H,1H2. The summed E-state index contributed by atoms with van der Waals surface area (Å²) in [6, 6.07) is 0. The van der Waals surface area contributed by atoms with Crippen LogP contribution in [0.3, 0.4) is 0 Å². The van der Waals surface area contributed by atoms with Crippen LogP contribution in [0.1, 0.15) is 0 Å². The molecule has 0 saturated heterocycles. The van der Waals surface area contributed by atoms with E-state index in [2.05, 4.69) is 23.1 Å². The van der Waals surface area contributed by atoms with Gasteiger partial charge < -0.3 is 0 Å². The molecule has 0 aromatic heterocycles. The van der Waals surface area contributed by atoms with Crippen LogP contribution in [-0.4, -0.2) is 67.3 Å². The van der Waals surface area contributed by atoms with Crippen LogP contribution >= 0.6 is 15.9 Å². The van der Waals surface area contributed by atoms with E-state index in [1.807, 2.05) is 0 Å². The van der Waals surface area contributed by atoms with Crippen LogP contribution in [0.2, 0.25) is 0 Å². The number of rotatable bonds is 2. The molecule has 1 rings (SSSR count). The van der Waals surface area contributed by atoms with Gasteiger partial charge in [0.25, 0.3) is 0 Å². The van der Waals surface area contributed by atoms with Gasteiger partial charge in [0, 0.05) is 0 Å². The summed E-state index contributed by atoms with van der Waals surface area (Å²) in [4.78, 5) is 11.1. The van der Waals surface area contributed by atoms with Gasteiger partial charge in [-0.05, 0) is 0 Å². The summed E-state index contributed by atoms with van der Waals surface area (Å²) in [5, 5.41) is 0.533. The Morgan fingerprint density at radius 3 is 2.90 bits per heavy atom. The number of halogens is 1. The molecule has 1 nitrogen and oxygen atoms in total. The van der Waals surface area contributed by atoms with Crippen LogP contribution in [0.5, 0.6) is 0 Å². The molecule has 10 heavy (non-hydrogen) atoms. The van der Waals surface area contributed by atoms with Crippen LogP contribution < -0.4 is 0 Å². The quantitative estimate of drug-likeness (QED) is 0.428. The number of alkyl halides is 1. The van der Waals surface area contributed by atoms with Gasteiger partial charge in [-0.2, -0.15) is 0 Å². The molecule has 0 radical (unpaired) electrons. The monoisotopic (exact) mass is 384 g/mol. The van der Waals surface area contributed by atoms with Gasteiger partial charge in [-0.1, -0.05) is 0 Å². The topological polar surface area (TPSA) is 17.1 Å². The Balaban J connectivity index is 2.74. The fraction of sp³-hybridized carbons (Fsp3) is 0.200. The van der Waals surface area contributed by atoms with Crippen molar-refractivity contribution in [1.29, 1.82) is 0 Å². The Morgan fingerprint density at radius 1 is 1.60 bits per heavy atom. The molecule has 0 aromatic carbocycles. The van der Waals surface area contributed by atoms with E-state index in [1.54, 1.807) is 0 Å². The molecule has 1 heterocycles. The normalized spacial score (nSPS) is 19.9. The molecular weight excluding hydrogens is 381 g/mol. The number of Topliss-reactive ketones (excluding diaryl/α,β-unsaturated/α-hetero) is 1. The van der Waals surface area contributed by atoms with E-state index in [-0.39, 0.29) is 30.6 Å². The summed E-state index contributed by atoms with van der Waals surface area (Å²) in [6.45, 7) is 0. The first-order valence-electron chi connectivity index (χ1n) is 2.55. The van der Waals surface area contributed by atoms with E-state index in [0.717, 1.165) is 0 Å². The molecule has 1 aliphatic rings. The second kappa shape index (κ2) is 5.15. The van der Waals surface area contributed by atoms with Crippen molar-refractivity contribution in [3.8, 4) is 0 Å². The Labute approximate surface area is 87.1 Å². The van der Waals surface area contributed by atoms with Gasteiger partial charge in [0.05, 0.1) is 0 Å². The minimum absolute atomic E-state index is 0.200. The van der Waals surface area contributed by atoms with Gasteiger partial charge in [0.2, 0.25) is 0 Å². The van der Waals surface area contributed by atoms with Gasteiger partial charge >= 0.3 is 88.0 Å². The van der Waals surface area contributed by atoms with Crippen molar-refractivity contribution in [3.05, 3.63) is 0 Å². The summed E-state index contributed by atoms with van der Waals surface area (Å²) in [5.41, 5.74) is 0. The Hall–Kier alpha value is 1.44. The molecule has 0 aliphatic carbocycles. The maximum atomic E-state index is 11.1. The average molecular weight is 385 g/mol. The van der Waals surface area contributed by atoms with E-state index in [4.69, 9.17) is 0 Å². The molecule has 0 spiro atoms. The van der Waals surface area contributed by atoms with Crippen molar-refractivity contribution in [2.24, 2.45) is 0 Å². The summed E-state index contributed by atoms with van der Waals surface area (Å²) in [6.07, 6.45) is 0. The molecule has 0 saturated carbocycles.